The predicted octanol–water partition coefficient (Wildman–Crippen LogP) is 1.99. The second-order valence-electron chi connectivity index (χ2n) is 4.97. The first-order chi connectivity index (χ1) is 7.06. The lowest BCUT2D eigenvalue weighted by Gasteiger charge is -2.17. The van der Waals surface area contributed by atoms with Crippen LogP contribution in [0, 0.1) is 0 Å². The van der Waals surface area contributed by atoms with E-state index in [1.54, 1.807) is 0 Å². The molecular formula is C13H19NO. The second kappa shape index (κ2) is 3.95. The lowest BCUT2D eigenvalue weighted by Crippen LogP contribution is -2.19. The Labute approximate surface area is 91.3 Å². The topological polar surface area (TPSA) is 32.3 Å². The maximum atomic E-state index is 9.71. The Kier molecular flexibility index (Phi) is 2.81. The van der Waals surface area contributed by atoms with E-state index < -0.39 is 5.60 Å². The van der Waals surface area contributed by atoms with Crippen molar-refractivity contribution in [2.45, 2.75) is 45.4 Å². The molecule has 0 spiro atoms. The van der Waals surface area contributed by atoms with Crippen molar-refractivity contribution in [2.75, 3.05) is 0 Å². The zero-order valence-electron chi connectivity index (χ0n) is 9.51. The molecule has 0 radical (unpaired) electrons. The quantitative estimate of drug-likeness (QED) is 0.791. The Morgan fingerprint density at radius 1 is 1.33 bits per heavy atom. The Morgan fingerprint density at radius 3 is 2.87 bits per heavy atom. The van der Waals surface area contributed by atoms with E-state index in [2.05, 4.69) is 23.5 Å². The molecule has 0 amide bonds. The van der Waals surface area contributed by atoms with Gasteiger partial charge in [-0.2, -0.15) is 0 Å². The number of benzene rings is 1. The fraction of sp³-hybridized carbons (Fsp3) is 0.538. The third-order valence-electron chi connectivity index (χ3n) is 2.99. The standard InChI is InChI=1S/C13H19NO/c1-13(2,15)7-6-10-4-3-5-11-8-14-9-12(10)11/h3-5,14-15H,6-9H2,1-2H3. The monoisotopic (exact) mass is 205 g/mol. The fourth-order valence-corrected chi connectivity index (χ4v) is 2.08. The van der Waals surface area contributed by atoms with Gasteiger partial charge in [0.25, 0.3) is 0 Å². The molecule has 1 aliphatic rings. The van der Waals surface area contributed by atoms with Gasteiger partial charge in [-0.15, -0.1) is 0 Å². The van der Waals surface area contributed by atoms with Gasteiger partial charge in [0, 0.05) is 13.1 Å². The summed E-state index contributed by atoms with van der Waals surface area (Å²) in [5, 5.41) is 13.1. The number of nitrogens with one attached hydrogen (secondary N) is 1. The van der Waals surface area contributed by atoms with Gasteiger partial charge in [0.15, 0.2) is 0 Å². The number of hydrogen-bond donors (Lipinski definition) is 2. The van der Waals surface area contributed by atoms with Crippen LogP contribution in [0.3, 0.4) is 0 Å². The summed E-state index contributed by atoms with van der Waals surface area (Å²) in [6.45, 7) is 5.71. The zero-order chi connectivity index (χ0) is 10.9. The van der Waals surface area contributed by atoms with Crippen LogP contribution in [0.15, 0.2) is 18.2 Å². The summed E-state index contributed by atoms with van der Waals surface area (Å²) in [5.41, 5.74) is 3.69. The molecule has 82 valence electrons. The molecule has 2 nitrogen and oxygen atoms in total. The zero-order valence-corrected chi connectivity index (χ0v) is 9.51. The first-order valence-corrected chi connectivity index (χ1v) is 5.59. The molecule has 2 N–H and O–H groups in total. The molecule has 0 aliphatic carbocycles. The van der Waals surface area contributed by atoms with Crippen LogP contribution < -0.4 is 5.32 Å². The van der Waals surface area contributed by atoms with Crippen molar-refractivity contribution < 1.29 is 5.11 Å². The molecule has 2 rings (SSSR count). The van der Waals surface area contributed by atoms with E-state index in [4.69, 9.17) is 0 Å². The van der Waals surface area contributed by atoms with Gasteiger partial charge < -0.3 is 10.4 Å². The highest BCUT2D eigenvalue weighted by atomic mass is 16.3. The number of fused-ring (bicyclic) bond motifs is 1. The summed E-state index contributed by atoms with van der Waals surface area (Å²) in [7, 11) is 0. The van der Waals surface area contributed by atoms with E-state index in [1.165, 1.54) is 16.7 Å². The average Bonchev–Trinajstić information content (AvgIpc) is 2.61. The van der Waals surface area contributed by atoms with Crippen LogP contribution in [0.4, 0.5) is 0 Å². The lowest BCUT2D eigenvalue weighted by atomic mass is 9.94. The Balaban J connectivity index is 2.12. The van der Waals surface area contributed by atoms with Crippen molar-refractivity contribution in [3.05, 3.63) is 34.9 Å². The Morgan fingerprint density at radius 2 is 2.13 bits per heavy atom. The summed E-state index contributed by atoms with van der Waals surface area (Å²) >= 11 is 0. The highest BCUT2D eigenvalue weighted by molar-refractivity contribution is 5.37. The molecule has 15 heavy (non-hydrogen) atoms. The number of aryl methyl sites for hydroxylation is 1. The molecule has 1 aromatic rings. The third-order valence-corrected chi connectivity index (χ3v) is 2.99. The molecule has 0 fully saturated rings. The molecule has 0 saturated heterocycles. The van der Waals surface area contributed by atoms with E-state index in [0.717, 1.165) is 25.9 Å². The highest BCUT2D eigenvalue weighted by Gasteiger charge is 2.17. The van der Waals surface area contributed by atoms with Crippen LogP contribution in [-0.4, -0.2) is 10.7 Å². The van der Waals surface area contributed by atoms with Gasteiger partial charge in [-0.3, -0.25) is 0 Å². The van der Waals surface area contributed by atoms with E-state index in [1.807, 2.05) is 13.8 Å². The van der Waals surface area contributed by atoms with E-state index >= 15 is 0 Å². The van der Waals surface area contributed by atoms with Gasteiger partial charge in [-0.25, -0.2) is 0 Å². The van der Waals surface area contributed by atoms with Crippen LogP contribution >= 0.6 is 0 Å². The SMILES string of the molecule is CC(C)(O)CCc1cccc2c1CNC2. The Bertz CT molecular complexity index is 352. The minimum atomic E-state index is -0.561. The van der Waals surface area contributed by atoms with Gasteiger partial charge in [-0.1, -0.05) is 18.2 Å². The summed E-state index contributed by atoms with van der Waals surface area (Å²) in [4.78, 5) is 0. The molecule has 1 heterocycles. The lowest BCUT2D eigenvalue weighted by molar-refractivity contribution is 0.0713. The van der Waals surface area contributed by atoms with Crippen molar-refractivity contribution in [1.29, 1.82) is 0 Å². The van der Waals surface area contributed by atoms with Crippen molar-refractivity contribution in [3.63, 3.8) is 0 Å². The molecule has 2 heteroatoms. The minimum Gasteiger partial charge on any atom is -0.390 e. The van der Waals surface area contributed by atoms with E-state index in [-0.39, 0.29) is 0 Å². The molecule has 0 unspecified atom stereocenters. The largest absolute Gasteiger partial charge is 0.390 e. The van der Waals surface area contributed by atoms with Crippen molar-refractivity contribution in [2.24, 2.45) is 0 Å². The van der Waals surface area contributed by atoms with Crippen molar-refractivity contribution in [3.8, 4) is 0 Å². The van der Waals surface area contributed by atoms with Gasteiger partial charge in [0.2, 0.25) is 0 Å². The molecular weight excluding hydrogens is 186 g/mol. The second-order valence-corrected chi connectivity index (χ2v) is 4.97. The number of hydrogen-bond acceptors (Lipinski definition) is 2. The molecule has 1 aliphatic heterocycles. The van der Waals surface area contributed by atoms with Crippen LogP contribution in [-0.2, 0) is 19.5 Å². The highest BCUT2D eigenvalue weighted by Crippen LogP contribution is 2.22. The first-order valence-electron chi connectivity index (χ1n) is 5.59. The molecule has 0 saturated carbocycles. The summed E-state index contributed by atoms with van der Waals surface area (Å²) < 4.78 is 0. The molecule has 0 atom stereocenters. The maximum absolute atomic E-state index is 9.71. The van der Waals surface area contributed by atoms with Gasteiger partial charge in [0.1, 0.15) is 0 Å². The smallest absolute Gasteiger partial charge is 0.0594 e. The number of aliphatic hydroxyl groups is 1. The number of rotatable bonds is 3. The van der Waals surface area contributed by atoms with Crippen LogP contribution in [0.1, 0.15) is 37.0 Å². The van der Waals surface area contributed by atoms with Crippen LogP contribution in [0.25, 0.3) is 0 Å². The van der Waals surface area contributed by atoms with Crippen LogP contribution in [0.2, 0.25) is 0 Å². The summed E-state index contributed by atoms with van der Waals surface area (Å²) in [6.07, 6.45) is 1.79. The Hall–Kier alpha value is -0.860. The molecule has 0 bridgehead atoms. The third kappa shape index (κ3) is 2.58. The van der Waals surface area contributed by atoms with Gasteiger partial charge in [0.05, 0.1) is 5.60 Å². The molecule has 0 aromatic heterocycles. The van der Waals surface area contributed by atoms with Crippen LogP contribution in [0.5, 0.6) is 0 Å². The predicted molar refractivity (Wildman–Crippen MR) is 61.6 cm³/mol. The molecule has 1 aromatic carbocycles. The van der Waals surface area contributed by atoms with Crippen molar-refractivity contribution in [1.82, 2.24) is 5.32 Å². The summed E-state index contributed by atoms with van der Waals surface area (Å²) in [5.74, 6) is 0. The minimum absolute atomic E-state index is 0.561. The first kappa shape index (κ1) is 10.7. The normalized spacial score (nSPS) is 15.4. The van der Waals surface area contributed by atoms with Gasteiger partial charge in [-0.05, 0) is 43.4 Å². The average molecular weight is 205 g/mol. The maximum Gasteiger partial charge on any atom is 0.0594 e. The fourth-order valence-electron chi connectivity index (χ4n) is 2.08. The summed E-state index contributed by atoms with van der Waals surface area (Å²) in [6, 6.07) is 6.48. The van der Waals surface area contributed by atoms with Crippen molar-refractivity contribution >= 4 is 0 Å². The van der Waals surface area contributed by atoms with Gasteiger partial charge >= 0.3 is 0 Å². The van der Waals surface area contributed by atoms with E-state index in [0.29, 0.717) is 0 Å². The van der Waals surface area contributed by atoms with E-state index in [9.17, 15) is 5.11 Å².